The molecule has 1 heterocycles. The molecule has 1 spiro atoms. The van der Waals surface area contributed by atoms with Crippen LogP contribution in [0.15, 0.2) is 0 Å². The van der Waals surface area contributed by atoms with Gasteiger partial charge in [-0.15, -0.1) is 0 Å². The second kappa shape index (κ2) is 4.49. The van der Waals surface area contributed by atoms with E-state index in [0.29, 0.717) is 11.5 Å². The third-order valence-corrected chi connectivity index (χ3v) is 6.24. The fourth-order valence-electron chi connectivity index (χ4n) is 4.68. The van der Waals surface area contributed by atoms with Crippen molar-refractivity contribution in [3.05, 3.63) is 0 Å². The predicted octanol–water partition coefficient (Wildman–Crippen LogP) is 3.19. The smallest absolute Gasteiger partial charge is 0.0746 e. The van der Waals surface area contributed by atoms with Crippen LogP contribution in [0.1, 0.15) is 65.2 Å². The average Bonchev–Trinajstić information content (AvgIpc) is 2.89. The lowest BCUT2D eigenvalue weighted by atomic mass is 9.76. The molecule has 0 aromatic rings. The highest BCUT2D eigenvalue weighted by molar-refractivity contribution is 4.99. The van der Waals surface area contributed by atoms with E-state index in [1.807, 2.05) is 0 Å². The highest BCUT2D eigenvalue weighted by atomic mass is 16.3. The van der Waals surface area contributed by atoms with Gasteiger partial charge < -0.3 is 5.11 Å². The molecular formula is C16H29NO. The van der Waals surface area contributed by atoms with E-state index in [1.54, 1.807) is 0 Å². The summed E-state index contributed by atoms with van der Waals surface area (Å²) in [6.07, 6.45) is 10.9. The molecule has 2 heteroatoms. The monoisotopic (exact) mass is 251 g/mol. The minimum Gasteiger partial charge on any atom is -0.391 e. The molecule has 0 bridgehead atoms. The number of rotatable bonds is 1. The Morgan fingerprint density at radius 3 is 2.06 bits per heavy atom. The van der Waals surface area contributed by atoms with E-state index in [1.165, 1.54) is 64.5 Å². The van der Waals surface area contributed by atoms with Crippen molar-refractivity contribution >= 4 is 0 Å². The first kappa shape index (κ1) is 12.9. The van der Waals surface area contributed by atoms with Crippen LogP contribution in [-0.4, -0.2) is 35.2 Å². The second-order valence-corrected chi connectivity index (χ2v) is 7.78. The lowest BCUT2D eigenvalue weighted by molar-refractivity contribution is -0.00936. The molecule has 18 heavy (non-hydrogen) atoms. The maximum absolute atomic E-state index is 10.5. The summed E-state index contributed by atoms with van der Waals surface area (Å²) in [6.45, 7) is 6.91. The first-order chi connectivity index (χ1) is 8.53. The number of nitrogens with zero attached hydrogens (tertiary/aromatic N) is 1. The van der Waals surface area contributed by atoms with Crippen molar-refractivity contribution in [2.45, 2.75) is 77.4 Å². The topological polar surface area (TPSA) is 23.5 Å². The molecule has 2 aliphatic carbocycles. The maximum atomic E-state index is 10.5. The first-order valence-corrected chi connectivity index (χ1v) is 7.95. The van der Waals surface area contributed by atoms with Crippen molar-refractivity contribution in [3.8, 4) is 0 Å². The van der Waals surface area contributed by atoms with Gasteiger partial charge in [0.25, 0.3) is 0 Å². The van der Waals surface area contributed by atoms with Gasteiger partial charge in [0.15, 0.2) is 0 Å². The van der Waals surface area contributed by atoms with Crippen molar-refractivity contribution in [2.75, 3.05) is 13.1 Å². The summed E-state index contributed by atoms with van der Waals surface area (Å²) in [5.41, 5.74) is 0.836. The van der Waals surface area contributed by atoms with Gasteiger partial charge in [-0.25, -0.2) is 0 Å². The fourth-order valence-corrected chi connectivity index (χ4v) is 4.68. The molecule has 2 unspecified atom stereocenters. The van der Waals surface area contributed by atoms with Crippen molar-refractivity contribution < 1.29 is 5.11 Å². The molecular weight excluding hydrogens is 222 g/mol. The Balaban J connectivity index is 1.60. The zero-order valence-electron chi connectivity index (χ0n) is 12.1. The fraction of sp³-hybridized carbons (Fsp3) is 1.00. The summed E-state index contributed by atoms with van der Waals surface area (Å²) in [4.78, 5) is 2.60. The molecule has 1 aliphatic heterocycles. The van der Waals surface area contributed by atoms with E-state index < -0.39 is 0 Å². The SMILES string of the molecule is CC1(C)CCC(N2CCC3(CCCC3)CC2)C1O. The van der Waals surface area contributed by atoms with Gasteiger partial charge in [0.05, 0.1) is 6.10 Å². The van der Waals surface area contributed by atoms with Crippen LogP contribution in [0.4, 0.5) is 0 Å². The van der Waals surface area contributed by atoms with Gasteiger partial charge in [-0.1, -0.05) is 26.7 Å². The Labute approximate surface area is 112 Å². The van der Waals surface area contributed by atoms with Crippen LogP contribution in [0.5, 0.6) is 0 Å². The number of aliphatic hydroxyl groups is 1. The summed E-state index contributed by atoms with van der Waals surface area (Å²) in [6, 6.07) is 0.443. The Bertz CT molecular complexity index is 296. The van der Waals surface area contributed by atoms with Crippen molar-refractivity contribution in [1.29, 1.82) is 0 Å². The highest BCUT2D eigenvalue weighted by Crippen LogP contribution is 2.48. The molecule has 1 N–H and O–H groups in total. The summed E-state index contributed by atoms with van der Waals surface area (Å²) < 4.78 is 0. The van der Waals surface area contributed by atoms with Gasteiger partial charge in [-0.3, -0.25) is 4.90 Å². The zero-order chi connectivity index (χ0) is 12.8. The molecule has 2 saturated carbocycles. The van der Waals surface area contributed by atoms with Crippen LogP contribution in [0, 0.1) is 10.8 Å². The molecule has 3 aliphatic rings. The van der Waals surface area contributed by atoms with Crippen molar-refractivity contribution in [1.82, 2.24) is 4.90 Å². The molecule has 2 nitrogen and oxygen atoms in total. The van der Waals surface area contributed by atoms with E-state index in [-0.39, 0.29) is 11.5 Å². The standard InChI is InChI=1S/C16H29NO/c1-15(2)8-5-13(14(15)18)17-11-9-16(10-12-17)6-3-4-7-16/h13-14,18H,3-12H2,1-2H3. The van der Waals surface area contributed by atoms with E-state index in [0.717, 1.165) is 0 Å². The number of aliphatic hydroxyl groups excluding tert-OH is 1. The third kappa shape index (κ3) is 2.12. The molecule has 1 saturated heterocycles. The highest BCUT2D eigenvalue weighted by Gasteiger charge is 2.46. The molecule has 0 amide bonds. The second-order valence-electron chi connectivity index (χ2n) is 7.78. The molecule has 0 radical (unpaired) electrons. The predicted molar refractivity (Wildman–Crippen MR) is 74.5 cm³/mol. The maximum Gasteiger partial charge on any atom is 0.0746 e. The lowest BCUT2D eigenvalue weighted by Crippen LogP contribution is -2.49. The average molecular weight is 251 g/mol. The molecule has 0 aromatic heterocycles. The lowest BCUT2D eigenvalue weighted by Gasteiger charge is -2.43. The molecule has 3 rings (SSSR count). The summed E-state index contributed by atoms with van der Waals surface area (Å²) in [5.74, 6) is 0. The normalized spacial score (nSPS) is 39.5. The molecule has 3 fully saturated rings. The van der Waals surface area contributed by atoms with E-state index in [9.17, 15) is 5.11 Å². The van der Waals surface area contributed by atoms with Crippen LogP contribution in [-0.2, 0) is 0 Å². The van der Waals surface area contributed by atoms with Crippen LogP contribution >= 0.6 is 0 Å². The van der Waals surface area contributed by atoms with E-state index >= 15 is 0 Å². The van der Waals surface area contributed by atoms with Crippen LogP contribution in [0.2, 0.25) is 0 Å². The van der Waals surface area contributed by atoms with Crippen LogP contribution in [0.25, 0.3) is 0 Å². The van der Waals surface area contributed by atoms with Gasteiger partial charge in [-0.05, 0) is 62.4 Å². The third-order valence-electron chi connectivity index (χ3n) is 6.24. The Hall–Kier alpha value is -0.0800. The molecule has 104 valence electrons. The Morgan fingerprint density at radius 1 is 0.944 bits per heavy atom. The van der Waals surface area contributed by atoms with Gasteiger partial charge in [-0.2, -0.15) is 0 Å². The van der Waals surface area contributed by atoms with Crippen LogP contribution < -0.4 is 0 Å². The van der Waals surface area contributed by atoms with Crippen molar-refractivity contribution in [2.24, 2.45) is 10.8 Å². The molecule has 0 aromatic carbocycles. The summed E-state index contributed by atoms with van der Waals surface area (Å²) in [5, 5.41) is 10.5. The summed E-state index contributed by atoms with van der Waals surface area (Å²) in [7, 11) is 0. The van der Waals surface area contributed by atoms with E-state index in [4.69, 9.17) is 0 Å². The van der Waals surface area contributed by atoms with Crippen LogP contribution in [0.3, 0.4) is 0 Å². The first-order valence-electron chi connectivity index (χ1n) is 7.95. The van der Waals surface area contributed by atoms with Gasteiger partial charge in [0.2, 0.25) is 0 Å². The minimum absolute atomic E-state index is 0.116. The number of hydrogen-bond donors (Lipinski definition) is 1. The van der Waals surface area contributed by atoms with Gasteiger partial charge >= 0.3 is 0 Å². The minimum atomic E-state index is -0.116. The quantitative estimate of drug-likeness (QED) is 0.773. The van der Waals surface area contributed by atoms with Gasteiger partial charge in [0, 0.05) is 6.04 Å². The van der Waals surface area contributed by atoms with Crippen molar-refractivity contribution in [3.63, 3.8) is 0 Å². The number of piperidine rings is 1. The van der Waals surface area contributed by atoms with Gasteiger partial charge in [0.1, 0.15) is 0 Å². The largest absolute Gasteiger partial charge is 0.391 e. The molecule has 2 atom stereocenters. The Morgan fingerprint density at radius 2 is 1.56 bits per heavy atom. The number of likely N-dealkylation sites (tertiary alicyclic amines) is 1. The summed E-state index contributed by atoms with van der Waals surface area (Å²) >= 11 is 0. The zero-order valence-corrected chi connectivity index (χ0v) is 12.1. The number of hydrogen-bond acceptors (Lipinski definition) is 2. The Kier molecular flexibility index (Phi) is 3.22. The van der Waals surface area contributed by atoms with E-state index in [2.05, 4.69) is 18.7 Å².